The van der Waals surface area contributed by atoms with E-state index in [4.69, 9.17) is 10.5 Å². The highest BCUT2D eigenvalue weighted by Crippen LogP contribution is 2.31. The molecule has 0 unspecified atom stereocenters. The molecule has 1 fully saturated rings. The third kappa shape index (κ3) is 4.12. The van der Waals surface area contributed by atoms with Crippen LogP contribution < -0.4 is 5.73 Å². The van der Waals surface area contributed by atoms with E-state index in [-0.39, 0.29) is 23.7 Å². The van der Waals surface area contributed by atoms with Gasteiger partial charge in [-0.2, -0.15) is 0 Å². The molecule has 17 heavy (non-hydrogen) atoms. The normalized spacial score (nSPS) is 18.3. The number of ether oxygens (including phenoxy) is 1. The van der Waals surface area contributed by atoms with Crippen LogP contribution in [0.15, 0.2) is 0 Å². The van der Waals surface area contributed by atoms with Crippen LogP contribution in [0.25, 0.3) is 0 Å². The summed E-state index contributed by atoms with van der Waals surface area (Å²) in [5, 5.41) is 0. The molecule has 0 aliphatic carbocycles. The number of hydrogen-bond donors (Lipinski definition) is 1. The Morgan fingerprint density at radius 3 is 2.47 bits per heavy atom. The Labute approximate surface area is 110 Å². The molecule has 0 bridgehead atoms. The lowest BCUT2D eigenvalue weighted by Crippen LogP contribution is -2.49. The fraction of sp³-hybridized carbons (Fsp3) is 0.917. The topological polar surface area (TPSA) is 55.6 Å². The van der Waals surface area contributed by atoms with Crippen LogP contribution in [0.3, 0.4) is 0 Å². The quantitative estimate of drug-likeness (QED) is 0.817. The molecule has 0 spiro atoms. The molecule has 0 atom stereocenters. The van der Waals surface area contributed by atoms with E-state index < -0.39 is 0 Å². The molecule has 1 rings (SSSR count). The van der Waals surface area contributed by atoms with Crippen molar-refractivity contribution in [2.24, 2.45) is 11.1 Å². The molecule has 0 saturated carbocycles. The highest BCUT2D eigenvalue weighted by Gasteiger charge is 2.40. The van der Waals surface area contributed by atoms with Crippen molar-refractivity contribution < 1.29 is 9.53 Å². The van der Waals surface area contributed by atoms with Gasteiger partial charge >= 0.3 is 0 Å². The van der Waals surface area contributed by atoms with E-state index >= 15 is 0 Å². The van der Waals surface area contributed by atoms with Gasteiger partial charge in [-0.15, -0.1) is 12.4 Å². The molecule has 1 heterocycles. The van der Waals surface area contributed by atoms with Crippen LogP contribution >= 0.6 is 12.4 Å². The van der Waals surface area contributed by atoms with Crippen LogP contribution in [-0.2, 0) is 9.53 Å². The van der Waals surface area contributed by atoms with Crippen LogP contribution in [0.2, 0.25) is 0 Å². The van der Waals surface area contributed by atoms with Crippen LogP contribution in [-0.4, -0.2) is 44.2 Å². The average Bonchev–Trinajstić information content (AvgIpc) is 2.35. The molecule has 4 nitrogen and oxygen atoms in total. The summed E-state index contributed by atoms with van der Waals surface area (Å²) >= 11 is 0. The number of carbonyl (C=O) groups is 1. The van der Waals surface area contributed by atoms with Crippen molar-refractivity contribution in [1.82, 2.24) is 4.90 Å². The molecular weight excluding hydrogens is 240 g/mol. The summed E-state index contributed by atoms with van der Waals surface area (Å²) in [5.74, 6) is 0.201. The molecule has 1 aliphatic rings. The second-order valence-corrected chi connectivity index (χ2v) is 4.68. The first-order chi connectivity index (χ1) is 7.66. The SMILES string of the molecule is CCCCN(C)C(=O)C1(CN)CCOCC1.Cl. The van der Waals surface area contributed by atoms with E-state index in [2.05, 4.69) is 6.92 Å². The van der Waals surface area contributed by atoms with Crippen molar-refractivity contribution >= 4 is 18.3 Å². The molecule has 1 saturated heterocycles. The van der Waals surface area contributed by atoms with Crippen LogP contribution in [0.4, 0.5) is 0 Å². The summed E-state index contributed by atoms with van der Waals surface area (Å²) < 4.78 is 5.31. The van der Waals surface area contributed by atoms with E-state index in [1.54, 1.807) is 0 Å². The minimum absolute atomic E-state index is 0. The van der Waals surface area contributed by atoms with Crippen molar-refractivity contribution in [3.8, 4) is 0 Å². The highest BCUT2D eigenvalue weighted by molar-refractivity contribution is 5.85. The summed E-state index contributed by atoms with van der Waals surface area (Å²) in [6, 6.07) is 0. The second-order valence-electron chi connectivity index (χ2n) is 4.68. The third-order valence-electron chi connectivity index (χ3n) is 3.49. The number of rotatable bonds is 5. The van der Waals surface area contributed by atoms with Crippen LogP contribution in [0.1, 0.15) is 32.6 Å². The Bertz CT molecular complexity index is 231. The Hall–Kier alpha value is -0.320. The van der Waals surface area contributed by atoms with Crippen molar-refractivity contribution in [3.63, 3.8) is 0 Å². The smallest absolute Gasteiger partial charge is 0.229 e. The van der Waals surface area contributed by atoms with Gasteiger partial charge in [0.25, 0.3) is 0 Å². The van der Waals surface area contributed by atoms with Gasteiger partial charge < -0.3 is 15.4 Å². The van der Waals surface area contributed by atoms with Gasteiger partial charge in [0, 0.05) is 33.4 Å². The van der Waals surface area contributed by atoms with Gasteiger partial charge in [-0.25, -0.2) is 0 Å². The largest absolute Gasteiger partial charge is 0.381 e. The maximum Gasteiger partial charge on any atom is 0.229 e. The van der Waals surface area contributed by atoms with Crippen molar-refractivity contribution in [2.75, 3.05) is 33.4 Å². The number of hydrogen-bond acceptors (Lipinski definition) is 3. The summed E-state index contributed by atoms with van der Waals surface area (Å²) in [5.41, 5.74) is 5.44. The Balaban J connectivity index is 0.00000256. The number of unbranched alkanes of at least 4 members (excludes halogenated alkanes) is 1. The zero-order chi connectivity index (χ0) is 12.0. The molecule has 1 amide bonds. The lowest BCUT2D eigenvalue weighted by atomic mass is 9.79. The van der Waals surface area contributed by atoms with Crippen molar-refractivity contribution in [3.05, 3.63) is 0 Å². The summed E-state index contributed by atoms with van der Waals surface area (Å²) in [4.78, 5) is 14.2. The van der Waals surface area contributed by atoms with Gasteiger partial charge in [0.2, 0.25) is 5.91 Å². The van der Waals surface area contributed by atoms with E-state index in [1.807, 2.05) is 11.9 Å². The predicted octanol–water partition coefficient (Wildman–Crippen LogP) is 1.42. The van der Waals surface area contributed by atoms with E-state index in [0.29, 0.717) is 19.8 Å². The van der Waals surface area contributed by atoms with Gasteiger partial charge in [-0.3, -0.25) is 4.79 Å². The van der Waals surface area contributed by atoms with Gasteiger partial charge in [0.1, 0.15) is 0 Å². The first-order valence-corrected chi connectivity index (χ1v) is 6.19. The van der Waals surface area contributed by atoms with Gasteiger partial charge in [-0.1, -0.05) is 13.3 Å². The van der Waals surface area contributed by atoms with Crippen molar-refractivity contribution in [2.45, 2.75) is 32.6 Å². The Kier molecular flexibility index (Phi) is 7.75. The first-order valence-electron chi connectivity index (χ1n) is 6.19. The standard InChI is InChI=1S/C12H24N2O2.ClH/c1-3-4-7-14(2)11(15)12(10-13)5-8-16-9-6-12;/h3-10,13H2,1-2H3;1H. The Morgan fingerprint density at radius 1 is 1.41 bits per heavy atom. The number of carbonyl (C=O) groups excluding carboxylic acids is 1. The number of halogens is 1. The first kappa shape index (κ1) is 16.7. The second kappa shape index (κ2) is 7.90. The Morgan fingerprint density at radius 2 is 2.00 bits per heavy atom. The fourth-order valence-electron chi connectivity index (χ4n) is 2.17. The number of nitrogens with two attached hydrogens (primary N) is 1. The zero-order valence-electron chi connectivity index (χ0n) is 10.9. The zero-order valence-corrected chi connectivity index (χ0v) is 11.7. The van der Waals surface area contributed by atoms with E-state index in [1.165, 1.54) is 0 Å². The lowest BCUT2D eigenvalue weighted by molar-refractivity contribution is -0.145. The fourth-order valence-corrected chi connectivity index (χ4v) is 2.17. The van der Waals surface area contributed by atoms with E-state index in [9.17, 15) is 4.79 Å². The molecule has 0 radical (unpaired) electrons. The summed E-state index contributed by atoms with van der Waals surface area (Å²) in [7, 11) is 1.88. The van der Waals surface area contributed by atoms with E-state index in [0.717, 1.165) is 32.2 Å². The number of nitrogens with zero attached hydrogens (tertiary/aromatic N) is 1. The molecule has 0 aromatic rings. The minimum atomic E-state index is -0.360. The summed E-state index contributed by atoms with van der Waals surface area (Å²) in [6.45, 7) is 4.71. The molecule has 102 valence electrons. The molecule has 0 aromatic carbocycles. The summed E-state index contributed by atoms with van der Waals surface area (Å²) in [6.07, 6.45) is 3.69. The average molecular weight is 265 g/mol. The maximum absolute atomic E-state index is 12.3. The molecule has 0 aromatic heterocycles. The van der Waals surface area contributed by atoms with Gasteiger partial charge in [0.05, 0.1) is 5.41 Å². The number of amides is 1. The van der Waals surface area contributed by atoms with Crippen molar-refractivity contribution in [1.29, 1.82) is 0 Å². The lowest BCUT2D eigenvalue weighted by Gasteiger charge is -2.37. The highest BCUT2D eigenvalue weighted by atomic mass is 35.5. The monoisotopic (exact) mass is 264 g/mol. The van der Waals surface area contributed by atoms with Gasteiger partial charge in [0.15, 0.2) is 0 Å². The molecule has 1 aliphatic heterocycles. The minimum Gasteiger partial charge on any atom is -0.381 e. The predicted molar refractivity (Wildman–Crippen MR) is 71.3 cm³/mol. The van der Waals surface area contributed by atoms with Crippen LogP contribution in [0, 0.1) is 5.41 Å². The molecular formula is C12H25ClN2O2. The van der Waals surface area contributed by atoms with Gasteiger partial charge in [-0.05, 0) is 19.3 Å². The van der Waals surface area contributed by atoms with Crippen LogP contribution in [0.5, 0.6) is 0 Å². The maximum atomic E-state index is 12.3. The molecule has 5 heteroatoms. The third-order valence-corrected chi connectivity index (χ3v) is 3.49. The molecule has 2 N–H and O–H groups in total.